The molecule has 0 radical (unpaired) electrons. The van der Waals surface area contributed by atoms with Crippen molar-refractivity contribution in [3.8, 4) is 0 Å². The normalized spacial score (nSPS) is 24.8. The van der Waals surface area contributed by atoms with E-state index in [0.717, 1.165) is 13.1 Å². The van der Waals surface area contributed by atoms with E-state index < -0.39 is 0 Å². The molecule has 1 fully saturated rings. The summed E-state index contributed by atoms with van der Waals surface area (Å²) >= 11 is 0. The minimum absolute atomic E-state index is 0.137. The van der Waals surface area contributed by atoms with Gasteiger partial charge in [-0.15, -0.1) is 0 Å². The zero-order chi connectivity index (χ0) is 10.7. The first kappa shape index (κ1) is 11.5. The lowest BCUT2D eigenvalue weighted by Crippen LogP contribution is -2.32. The molecule has 1 amide bonds. The van der Waals surface area contributed by atoms with Crippen molar-refractivity contribution in [3.05, 3.63) is 0 Å². The van der Waals surface area contributed by atoms with Gasteiger partial charge in [0.1, 0.15) is 0 Å². The van der Waals surface area contributed by atoms with E-state index in [1.54, 1.807) is 0 Å². The smallest absolute Gasteiger partial charge is 0.223 e. The average molecular weight is 199 g/mol. The van der Waals surface area contributed by atoms with E-state index in [-0.39, 0.29) is 18.4 Å². The molecule has 0 aromatic carbocycles. The van der Waals surface area contributed by atoms with E-state index in [1.165, 1.54) is 0 Å². The summed E-state index contributed by atoms with van der Waals surface area (Å²) in [7, 11) is 0. The summed E-state index contributed by atoms with van der Waals surface area (Å²) in [6, 6.07) is 0. The Morgan fingerprint density at radius 2 is 2.14 bits per heavy atom. The number of likely N-dealkylation sites (tertiary alicyclic amines) is 1. The van der Waals surface area contributed by atoms with Gasteiger partial charge in [0.2, 0.25) is 5.91 Å². The monoisotopic (exact) mass is 199 g/mol. The fourth-order valence-corrected chi connectivity index (χ4v) is 1.71. The standard InChI is InChI=1S/C11H21NO2/c1-8(2)9(3)5-12-6-10(7-13)4-11(12)14/h8-10,13H,4-7H2,1-3H3. The Morgan fingerprint density at radius 1 is 1.50 bits per heavy atom. The molecule has 0 saturated carbocycles. The van der Waals surface area contributed by atoms with Gasteiger partial charge in [0.05, 0.1) is 0 Å². The molecule has 0 bridgehead atoms. The van der Waals surface area contributed by atoms with E-state index in [2.05, 4.69) is 20.8 Å². The highest BCUT2D eigenvalue weighted by molar-refractivity contribution is 5.78. The highest BCUT2D eigenvalue weighted by Gasteiger charge is 2.29. The Morgan fingerprint density at radius 3 is 2.57 bits per heavy atom. The Kier molecular flexibility index (Phi) is 3.93. The highest BCUT2D eigenvalue weighted by Crippen LogP contribution is 2.20. The lowest BCUT2D eigenvalue weighted by molar-refractivity contribution is -0.128. The van der Waals surface area contributed by atoms with E-state index >= 15 is 0 Å². The summed E-state index contributed by atoms with van der Waals surface area (Å²) < 4.78 is 0. The zero-order valence-corrected chi connectivity index (χ0v) is 9.36. The van der Waals surface area contributed by atoms with Crippen molar-refractivity contribution in [2.45, 2.75) is 27.2 Å². The quantitative estimate of drug-likeness (QED) is 0.737. The first-order chi connectivity index (χ1) is 6.54. The Bertz CT molecular complexity index is 203. The molecule has 14 heavy (non-hydrogen) atoms. The van der Waals surface area contributed by atoms with Crippen molar-refractivity contribution in [3.63, 3.8) is 0 Å². The Hall–Kier alpha value is -0.570. The number of aliphatic hydroxyl groups is 1. The molecule has 82 valence electrons. The average Bonchev–Trinajstić information content (AvgIpc) is 2.47. The maximum atomic E-state index is 11.5. The predicted octanol–water partition coefficient (Wildman–Crippen LogP) is 1.12. The summed E-state index contributed by atoms with van der Waals surface area (Å²) in [6.45, 7) is 8.24. The Balaban J connectivity index is 2.42. The molecule has 0 aromatic heterocycles. The molecular formula is C11H21NO2. The van der Waals surface area contributed by atoms with Crippen LogP contribution in [0.2, 0.25) is 0 Å². The minimum atomic E-state index is 0.137. The van der Waals surface area contributed by atoms with Gasteiger partial charge in [-0.25, -0.2) is 0 Å². The van der Waals surface area contributed by atoms with Crippen molar-refractivity contribution in [2.75, 3.05) is 19.7 Å². The zero-order valence-electron chi connectivity index (χ0n) is 9.36. The number of rotatable bonds is 4. The number of carbonyl (C=O) groups excluding carboxylic acids is 1. The van der Waals surface area contributed by atoms with Crippen LogP contribution >= 0.6 is 0 Å². The van der Waals surface area contributed by atoms with Gasteiger partial charge in [0.15, 0.2) is 0 Å². The van der Waals surface area contributed by atoms with Gasteiger partial charge < -0.3 is 10.0 Å². The summed E-state index contributed by atoms with van der Waals surface area (Å²) in [4.78, 5) is 13.4. The van der Waals surface area contributed by atoms with E-state index in [1.807, 2.05) is 4.90 Å². The van der Waals surface area contributed by atoms with Crippen molar-refractivity contribution in [1.29, 1.82) is 0 Å². The van der Waals surface area contributed by atoms with Gasteiger partial charge in [-0.05, 0) is 11.8 Å². The van der Waals surface area contributed by atoms with E-state index in [9.17, 15) is 4.79 Å². The van der Waals surface area contributed by atoms with Crippen LogP contribution in [0.1, 0.15) is 27.2 Å². The molecule has 3 nitrogen and oxygen atoms in total. The summed E-state index contributed by atoms with van der Waals surface area (Å²) in [6.07, 6.45) is 0.529. The van der Waals surface area contributed by atoms with Gasteiger partial charge in [-0.3, -0.25) is 4.79 Å². The van der Waals surface area contributed by atoms with Crippen molar-refractivity contribution >= 4 is 5.91 Å². The van der Waals surface area contributed by atoms with Crippen LogP contribution in [0.4, 0.5) is 0 Å². The molecule has 3 heteroatoms. The third-order valence-electron chi connectivity index (χ3n) is 3.20. The molecule has 0 aromatic rings. The number of carbonyl (C=O) groups is 1. The third-order valence-corrected chi connectivity index (χ3v) is 3.20. The first-order valence-corrected chi connectivity index (χ1v) is 5.43. The molecule has 2 unspecified atom stereocenters. The lowest BCUT2D eigenvalue weighted by Gasteiger charge is -2.23. The van der Waals surface area contributed by atoms with Gasteiger partial charge >= 0.3 is 0 Å². The molecule has 1 aliphatic heterocycles. The summed E-state index contributed by atoms with van der Waals surface area (Å²) in [5, 5.41) is 8.97. The maximum absolute atomic E-state index is 11.5. The molecule has 1 saturated heterocycles. The fraction of sp³-hybridized carbons (Fsp3) is 0.909. The van der Waals surface area contributed by atoms with Crippen LogP contribution in [0, 0.1) is 17.8 Å². The molecule has 1 aliphatic rings. The van der Waals surface area contributed by atoms with Crippen LogP contribution in [0.3, 0.4) is 0 Å². The first-order valence-electron chi connectivity index (χ1n) is 5.43. The van der Waals surface area contributed by atoms with Crippen molar-refractivity contribution < 1.29 is 9.90 Å². The van der Waals surface area contributed by atoms with Crippen LogP contribution < -0.4 is 0 Å². The topological polar surface area (TPSA) is 40.5 Å². The third kappa shape index (κ3) is 2.71. The van der Waals surface area contributed by atoms with Crippen molar-refractivity contribution in [1.82, 2.24) is 4.90 Å². The maximum Gasteiger partial charge on any atom is 0.223 e. The van der Waals surface area contributed by atoms with Gasteiger partial charge in [0.25, 0.3) is 0 Å². The Labute approximate surface area is 86.1 Å². The molecule has 1 heterocycles. The van der Waals surface area contributed by atoms with Gasteiger partial charge in [0, 0.05) is 32.0 Å². The lowest BCUT2D eigenvalue weighted by atomic mass is 9.98. The number of aliphatic hydroxyl groups excluding tert-OH is 1. The summed E-state index contributed by atoms with van der Waals surface area (Å²) in [5.74, 6) is 1.52. The van der Waals surface area contributed by atoms with Crippen LogP contribution in [0.15, 0.2) is 0 Å². The number of nitrogens with zero attached hydrogens (tertiary/aromatic N) is 1. The van der Waals surface area contributed by atoms with E-state index in [0.29, 0.717) is 18.3 Å². The second kappa shape index (κ2) is 4.78. The second-order valence-corrected chi connectivity index (χ2v) is 4.77. The molecule has 0 aliphatic carbocycles. The number of hydrogen-bond donors (Lipinski definition) is 1. The van der Waals surface area contributed by atoms with Gasteiger partial charge in [-0.2, -0.15) is 0 Å². The molecule has 1 rings (SSSR count). The van der Waals surface area contributed by atoms with Gasteiger partial charge in [-0.1, -0.05) is 20.8 Å². The molecule has 1 N–H and O–H groups in total. The molecule has 0 spiro atoms. The number of amides is 1. The van der Waals surface area contributed by atoms with Crippen LogP contribution in [-0.4, -0.2) is 35.6 Å². The largest absolute Gasteiger partial charge is 0.396 e. The molecular weight excluding hydrogens is 178 g/mol. The van der Waals surface area contributed by atoms with Crippen LogP contribution in [-0.2, 0) is 4.79 Å². The number of hydrogen-bond acceptors (Lipinski definition) is 2. The fourth-order valence-electron chi connectivity index (χ4n) is 1.71. The second-order valence-electron chi connectivity index (χ2n) is 4.77. The molecule has 2 atom stereocenters. The SMILES string of the molecule is CC(C)C(C)CN1CC(CO)CC1=O. The van der Waals surface area contributed by atoms with E-state index in [4.69, 9.17) is 5.11 Å². The highest BCUT2D eigenvalue weighted by atomic mass is 16.3. The van der Waals surface area contributed by atoms with Crippen LogP contribution in [0.5, 0.6) is 0 Å². The summed E-state index contributed by atoms with van der Waals surface area (Å²) in [5.41, 5.74) is 0. The predicted molar refractivity (Wildman–Crippen MR) is 55.8 cm³/mol. The minimum Gasteiger partial charge on any atom is -0.396 e. The van der Waals surface area contributed by atoms with Crippen molar-refractivity contribution in [2.24, 2.45) is 17.8 Å². The van der Waals surface area contributed by atoms with Crippen LogP contribution in [0.25, 0.3) is 0 Å².